The number of esters is 1. The first-order chi connectivity index (χ1) is 29.3. The summed E-state index contributed by atoms with van der Waals surface area (Å²) in [7, 11) is 0. The van der Waals surface area contributed by atoms with Gasteiger partial charge in [-0.15, -0.1) is 0 Å². The second kappa shape index (κ2) is 47.1. The minimum Gasteiger partial charge on any atom is -0.491 e. The van der Waals surface area contributed by atoms with Gasteiger partial charge in [-0.1, -0.05) is 96.6 Å². The van der Waals surface area contributed by atoms with Crippen molar-refractivity contribution >= 4 is 5.97 Å². The highest BCUT2D eigenvalue weighted by Gasteiger charge is 2.03. The molecular formula is C46H84O13. The van der Waals surface area contributed by atoms with Gasteiger partial charge in [0.05, 0.1) is 132 Å². The summed E-state index contributed by atoms with van der Waals surface area (Å²) in [4.78, 5) is 11.7. The lowest BCUT2D eigenvalue weighted by atomic mass is 10.0. The largest absolute Gasteiger partial charge is 0.491 e. The van der Waals surface area contributed by atoms with Gasteiger partial charge in [0.25, 0.3) is 0 Å². The van der Waals surface area contributed by atoms with Gasteiger partial charge in [0, 0.05) is 6.42 Å². The first-order valence-electron chi connectivity index (χ1n) is 22.9. The quantitative estimate of drug-likeness (QED) is 0.0468. The summed E-state index contributed by atoms with van der Waals surface area (Å²) in [5.74, 6) is 0.743. The van der Waals surface area contributed by atoms with Crippen LogP contribution in [0.2, 0.25) is 0 Å². The van der Waals surface area contributed by atoms with Gasteiger partial charge in [-0.3, -0.25) is 4.79 Å². The van der Waals surface area contributed by atoms with Crippen LogP contribution < -0.4 is 4.74 Å². The van der Waals surface area contributed by atoms with Crippen molar-refractivity contribution < 1.29 is 61.6 Å². The molecule has 346 valence electrons. The molecule has 0 radical (unpaired) electrons. The second-order valence-corrected chi connectivity index (χ2v) is 14.2. The fourth-order valence-electron chi connectivity index (χ4n) is 5.67. The van der Waals surface area contributed by atoms with Gasteiger partial charge in [0.15, 0.2) is 0 Å². The Bertz CT molecular complexity index is 969. The van der Waals surface area contributed by atoms with E-state index in [1.54, 1.807) is 0 Å². The van der Waals surface area contributed by atoms with Gasteiger partial charge >= 0.3 is 5.97 Å². The number of hydrogen-bond donors (Lipinski definition) is 0. The van der Waals surface area contributed by atoms with Crippen molar-refractivity contribution in [1.29, 1.82) is 0 Å². The van der Waals surface area contributed by atoms with Gasteiger partial charge in [-0.25, -0.2) is 0 Å². The summed E-state index contributed by atoms with van der Waals surface area (Å²) in [5, 5.41) is 0. The van der Waals surface area contributed by atoms with Crippen LogP contribution in [0.3, 0.4) is 0 Å². The lowest BCUT2D eigenvalue weighted by Gasteiger charge is -2.09. The number of ether oxygens (including phenoxy) is 12. The van der Waals surface area contributed by atoms with Crippen LogP contribution >= 0.6 is 0 Å². The van der Waals surface area contributed by atoms with Gasteiger partial charge in [0.1, 0.15) is 19.0 Å². The summed E-state index contributed by atoms with van der Waals surface area (Å²) in [6, 6.07) is 8.43. The predicted molar refractivity (Wildman–Crippen MR) is 231 cm³/mol. The van der Waals surface area contributed by atoms with Gasteiger partial charge < -0.3 is 56.8 Å². The maximum atomic E-state index is 11.7. The van der Waals surface area contributed by atoms with Crippen LogP contribution in [-0.2, 0) is 63.3 Å². The molecule has 0 spiro atoms. The third-order valence-corrected chi connectivity index (χ3v) is 9.06. The molecule has 1 rings (SSSR count). The zero-order valence-corrected chi connectivity index (χ0v) is 37.3. The topological polar surface area (TPSA) is 128 Å². The van der Waals surface area contributed by atoms with Crippen LogP contribution in [0.5, 0.6) is 5.75 Å². The van der Waals surface area contributed by atoms with Crippen molar-refractivity contribution in [2.24, 2.45) is 0 Å². The Morgan fingerprint density at radius 3 is 1.03 bits per heavy atom. The van der Waals surface area contributed by atoms with Crippen molar-refractivity contribution in [1.82, 2.24) is 0 Å². The molecule has 0 aliphatic rings. The Hall–Kier alpha value is -1.91. The van der Waals surface area contributed by atoms with Crippen LogP contribution in [-0.4, -0.2) is 151 Å². The first kappa shape index (κ1) is 55.1. The summed E-state index contributed by atoms with van der Waals surface area (Å²) >= 11 is 0. The summed E-state index contributed by atoms with van der Waals surface area (Å²) < 4.78 is 66.2. The molecule has 1 aromatic rings. The van der Waals surface area contributed by atoms with Crippen LogP contribution in [0.15, 0.2) is 24.3 Å². The zero-order chi connectivity index (χ0) is 42.2. The molecule has 0 saturated heterocycles. The molecule has 13 heteroatoms. The molecule has 0 fully saturated rings. The first-order valence-corrected chi connectivity index (χ1v) is 22.9. The molecule has 0 heterocycles. The standard InChI is InChI=1S/C46H84O13/c1-3-5-7-9-11-13-15-17-46(47)59-43-41-57-39-37-55-35-33-53-31-29-51-27-25-49-23-22-48-24-26-50-28-30-52-32-34-54-36-38-56-40-42-58-45-20-18-44(19-21-45)16-14-12-10-8-6-4-2/h18-21H,3-17,22-43H2,1-2H3. The van der Waals surface area contributed by atoms with Crippen LogP contribution in [0.1, 0.15) is 109 Å². The predicted octanol–water partition coefficient (Wildman–Crippen LogP) is 7.82. The van der Waals surface area contributed by atoms with Gasteiger partial charge in [0.2, 0.25) is 0 Å². The van der Waals surface area contributed by atoms with E-state index >= 15 is 0 Å². The highest BCUT2D eigenvalue weighted by atomic mass is 16.6. The third-order valence-electron chi connectivity index (χ3n) is 9.06. The van der Waals surface area contributed by atoms with E-state index in [9.17, 15) is 4.79 Å². The number of benzene rings is 1. The Kier molecular flexibility index (Phi) is 44.0. The molecule has 0 N–H and O–H groups in total. The highest BCUT2D eigenvalue weighted by Crippen LogP contribution is 2.15. The van der Waals surface area contributed by atoms with Crippen LogP contribution in [0, 0.1) is 0 Å². The fourth-order valence-corrected chi connectivity index (χ4v) is 5.67. The van der Waals surface area contributed by atoms with E-state index in [2.05, 4.69) is 26.0 Å². The molecule has 0 aromatic heterocycles. The second-order valence-electron chi connectivity index (χ2n) is 14.2. The molecule has 0 bridgehead atoms. The maximum Gasteiger partial charge on any atom is 0.305 e. The monoisotopic (exact) mass is 845 g/mol. The lowest BCUT2D eigenvalue weighted by Crippen LogP contribution is -2.15. The van der Waals surface area contributed by atoms with E-state index in [4.69, 9.17) is 56.8 Å². The summed E-state index contributed by atoms with van der Waals surface area (Å²) in [5.41, 5.74) is 1.38. The Balaban J connectivity index is 1.67. The number of aryl methyl sites for hydroxylation is 1. The lowest BCUT2D eigenvalue weighted by molar-refractivity contribution is -0.145. The van der Waals surface area contributed by atoms with E-state index in [1.807, 2.05) is 12.1 Å². The minimum absolute atomic E-state index is 0.140. The molecule has 0 atom stereocenters. The van der Waals surface area contributed by atoms with E-state index in [1.165, 1.54) is 76.2 Å². The Labute approximate surface area is 358 Å². The van der Waals surface area contributed by atoms with Crippen molar-refractivity contribution in [2.75, 3.05) is 145 Å². The normalized spacial score (nSPS) is 11.4. The average molecular weight is 845 g/mol. The number of hydrogen-bond acceptors (Lipinski definition) is 13. The number of rotatable bonds is 49. The highest BCUT2D eigenvalue weighted by molar-refractivity contribution is 5.69. The van der Waals surface area contributed by atoms with Crippen molar-refractivity contribution in [3.05, 3.63) is 29.8 Å². The van der Waals surface area contributed by atoms with Gasteiger partial charge in [-0.05, 0) is 37.0 Å². The van der Waals surface area contributed by atoms with Crippen LogP contribution in [0.25, 0.3) is 0 Å². The maximum absolute atomic E-state index is 11.7. The number of carbonyl (C=O) groups excluding carboxylic acids is 1. The minimum atomic E-state index is -0.140. The van der Waals surface area contributed by atoms with Crippen molar-refractivity contribution in [2.45, 2.75) is 110 Å². The van der Waals surface area contributed by atoms with Gasteiger partial charge in [-0.2, -0.15) is 0 Å². The van der Waals surface area contributed by atoms with Crippen molar-refractivity contribution in [3.63, 3.8) is 0 Å². The SMILES string of the molecule is CCCCCCCCCC(=O)OCCOCCOCCOCCOCCOCCOCCOCCOCCOCCOCCOc1ccc(CCCCCCCC)cc1. The molecule has 0 unspecified atom stereocenters. The number of carbonyl (C=O) groups is 1. The number of unbranched alkanes of at least 4 members (excludes halogenated alkanes) is 11. The average Bonchev–Trinajstić information content (AvgIpc) is 3.25. The Morgan fingerprint density at radius 1 is 0.356 bits per heavy atom. The van der Waals surface area contributed by atoms with E-state index in [0.717, 1.165) is 25.0 Å². The smallest absolute Gasteiger partial charge is 0.305 e. The molecule has 0 saturated carbocycles. The zero-order valence-electron chi connectivity index (χ0n) is 37.3. The van der Waals surface area contributed by atoms with E-state index in [-0.39, 0.29) is 12.6 Å². The third kappa shape index (κ3) is 42.6. The molecule has 0 aliphatic carbocycles. The molecule has 1 aromatic carbocycles. The fraction of sp³-hybridized carbons (Fsp3) is 0.848. The molecule has 0 amide bonds. The molecule has 13 nitrogen and oxygen atoms in total. The van der Waals surface area contributed by atoms with Crippen molar-refractivity contribution in [3.8, 4) is 5.75 Å². The Morgan fingerprint density at radius 2 is 0.661 bits per heavy atom. The van der Waals surface area contributed by atoms with Crippen LogP contribution in [0.4, 0.5) is 0 Å². The summed E-state index contributed by atoms with van der Waals surface area (Å²) in [6.07, 6.45) is 17.9. The van der Waals surface area contributed by atoms with E-state index < -0.39 is 0 Å². The summed E-state index contributed by atoms with van der Waals surface area (Å²) in [6.45, 7) is 15.2. The van der Waals surface area contributed by atoms with E-state index in [0.29, 0.717) is 145 Å². The molecule has 59 heavy (non-hydrogen) atoms. The molecule has 0 aliphatic heterocycles. The molecular weight excluding hydrogens is 760 g/mol.